The molecule has 0 spiro atoms. The molecule has 1 rings (SSSR count). The van der Waals surface area contributed by atoms with Gasteiger partial charge >= 0.3 is 0 Å². The smallest absolute Gasteiger partial charge is 0.277 e. The van der Waals surface area contributed by atoms with Gasteiger partial charge in [-0.15, -0.1) is 0 Å². The average molecular weight is 258 g/mol. The molecule has 0 amide bonds. The molecule has 0 saturated heterocycles. The van der Waals surface area contributed by atoms with E-state index in [9.17, 15) is 22.0 Å². The molecule has 0 radical (unpaired) electrons. The van der Waals surface area contributed by atoms with Crippen molar-refractivity contribution in [2.45, 2.75) is 18.4 Å². The van der Waals surface area contributed by atoms with Crippen LogP contribution in [0.5, 0.6) is 0 Å². The van der Waals surface area contributed by atoms with E-state index in [0.717, 1.165) is 6.07 Å². The third-order valence-corrected chi connectivity index (χ3v) is 2.90. The zero-order valence-electron chi connectivity index (χ0n) is 7.42. The molecule has 1 N–H and O–H groups in total. The van der Waals surface area contributed by atoms with Crippen molar-refractivity contribution < 1.29 is 17.2 Å². The van der Waals surface area contributed by atoms with E-state index in [2.05, 4.69) is 4.98 Å². The van der Waals surface area contributed by atoms with Crippen LogP contribution in [0, 0.1) is 6.92 Å². The summed E-state index contributed by atoms with van der Waals surface area (Å²) >= 11 is 0. The van der Waals surface area contributed by atoms with E-state index in [4.69, 9.17) is 10.7 Å². The monoisotopic (exact) mass is 257 g/mol. The van der Waals surface area contributed by atoms with Gasteiger partial charge in [-0.05, 0) is 6.92 Å². The first kappa shape index (κ1) is 12.1. The number of aromatic amines is 1. The Hall–Kier alpha value is -0.950. The molecule has 0 aliphatic carbocycles. The second kappa shape index (κ2) is 3.90. The number of aryl methyl sites for hydroxylation is 1. The number of aromatic nitrogens is 1. The summed E-state index contributed by atoms with van der Waals surface area (Å²) < 4.78 is 46.7. The minimum Gasteiger partial charge on any atom is -0.348 e. The molecule has 84 valence electrons. The van der Waals surface area contributed by atoms with Gasteiger partial charge in [0.25, 0.3) is 15.5 Å². The molecule has 0 fully saturated rings. The number of hydrogen-bond acceptors (Lipinski definition) is 3. The molecule has 4 nitrogen and oxygen atoms in total. The summed E-state index contributed by atoms with van der Waals surface area (Å²) in [6.07, 6.45) is -3.20. The Labute approximate surface area is 88.3 Å². The number of alkyl halides is 2. The lowest BCUT2D eigenvalue weighted by atomic mass is 10.2. The van der Waals surface area contributed by atoms with E-state index >= 15 is 0 Å². The lowest BCUT2D eigenvalue weighted by Crippen LogP contribution is -2.16. The maximum atomic E-state index is 12.4. The number of hydrogen-bond donors (Lipinski definition) is 1. The van der Waals surface area contributed by atoms with Crippen LogP contribution in [-0.2, 0) is 9.05 Å². The Balaban J connectivity index is 3.70. The van der Waals surface area contributed by atoms with Crippen molar-refractivity contribution in [2.24, 2.45) is 0 Å². The molecule has 15 heavy (non-hydrogen) atoms. The van der Waals surface area contributed by atoms with Crippen molar-refractivity contribution in [1.29, 1.82) is 0 Å². The fourth-order valence-corrected chi connectivity index (χ4v) is 2.17. The molecule has 8 heteroatoms. The largest absolute Gasteiger partial charge is 0.348 e. The van der Waals surface area contributed by atoms with E-state index in [-0.39, 0.29) is 5.69 Å². The summed E-state index contributed by atoms with van der Waals surface area (Å²) in [6.45, 7) is 1.36. The van der Waals surface area contributed by atoms with Crippen molar-refractivity contribution in [3.05, 3.63) is 27.5 Å². The van der Waals surface area contributed by atoms with Crippen LogP contribution in [-0.4, -0.2) is 13.4 Å². The summed E-state index contributed by atoms with van der Waals surface area (Å²) in [5, 5.41) is -0.941. The number of nitrogens with one attached hydrogen (secondary N) is 1. The second-order valence-electron chi connectivity index (χ2n) is 2.80. The van der Waals surface area contributed by atoms with Crippen molar-refractivity contribution in [3.63, 3.8) is 0 Å². The van der Waals surface area contributed by atoms with Crippen LogP contribution in [0.15, 0.2) is 15.9 Å². The number of rotatable bonds is 2. The summed E-state index contributed by atoms with van der Waals surface area (Å²) in [6, 6.07) is 0.882. The molecule has 1 aromatic heterocycles. The summed E-state index contributed by atoms with van der Waals surface area (Å²) in [7, 11) is 0.534. The molecule has 0 unspecified atom stereocenters. The van der Waals surface area contributed by atoms with Crippen molar-refractivity contribution >= 4 is 19.7 Å². The van der Waals surface area contributed by atoms with Crippen LogP contribution in [0.4, 0.5) is 8.78 Å². The molecule has 0 aliphatic heterocycles. The third-order valence-electron chi connectivity index (χ3n) is 1.63. The molecular weight excluding hydrogens is 252 g/mol. The van der Waals surface area contributed by atoms with Gasteiger partial charge in [0, 0.05) is 22.4 Å². The molecule has 1 aromatic rings. The van der Waals surface area contributed by atoms with Crippen molar-refractivity contribution in [2.75, 3.05) is 0 Å². The zero-order chi connectivity index (χ0) is 11.8. The van der Waals surface area contributed by atoms with E-state index in [1.165, 1.54) is 6.92 Å². The normalized spacial score (nSPS) is 12.1. The maximum Gasteiger partial charge on any atom is 0.277 e. The molecule has 0 aromatic carbocycles. The van der Waals surface area contributed by atoms with Gasteiger partial charge in [0.05, 0.1) is 0 Å². The van der Waals surface area contributed by atoms with E-state index < -0.39 is 31.5 Å². The van der Waals surface area contributed by atoms with Gasteiger partial charge in [0.1, 0.15) is 5.56 Å². The highest BCUT2D eigenvalue weighted by Crippen LogP contribution is 2.24. The maximum absolute atomic E-state index is 12.4. The van der Waals surface area contributed by atoms with Crippen LogP contribution >= 0.6 is 10.7 Å². The van der Waals surface area contributed by atoms with Gasteiger partial charge in [-0.3, -0.25) is 4.79 Å². The summed E-state index contributed by atoms with van der Waals surface area (Å²) in [5.41, 5.74) is -2.04. The molecule has 0 saturated carbocycles. The van der Waals surface area contributed by atoms with Gasteiger partial charge in [-0.1, -0.05) is 0 Å². The lowest BCUT2D eigenvalue weighted by Gasteiger charge is -2.05. The minimum atomic E-state index is -4.39. The Morgan fingerprint density at radius 3 is 2.40 bits per heavy atom. The first-order chi connectivity index (χ1) is 6.73. The van der Waals surface area contributed by atoms with Crippen molar-refractivity contribution in [1.82, 2.24) is 4.98 Å². The zero-order valence-corrected chi connectivity index (χ0v) is 8.99. The van der Waals surface area contributed by atoms with Crippen LogP contribution in [0.3, 0.4) is 0 Å². The van der Waals surface area contributed by atoms with Gasteiger partial charge in [0.2, 0.25) is 0 Å². The predicted molar refractivity (Wildman–Crippen MR) is 49.8 cm³/mol. The van der Waals surface area contributed by atoms with Gasteiger partial charge in [-0.25, -0.2) is 17.2 Å². The van der Waals surface area contributed by atoms with Crippen LogP contribution in [0.1, 0.15) is 17.7 Å². The van der Waals surface area contributed by atoms with Gasteiger partial charge in [0.15, 0.2) is 10.5 Å². The number of H-pyrrole nitrogens is 1. The second-order valence-corrected chi connectivity index (χ2v) is 5.30. The summed E-state index contributed by atoms with van der Waals surface area (Å²) in [4.78, 5) is 13.3. The average Bonchev–Trinajstić information content (AvgIpc) is 1.99. The fourth-order valence-electron chi connectivity index (χ4n) is 1.07. The number of halogens is 3. The molecule has 0 atom stereocenters. The Morgan fingerprint density at radius 1 is 1.47 bits per heavy atom. The standard InChI is InChI=1S/C7H6ClF2NO3S/c1-3-2-4(12)5(6(9)10)7(11-3)15(8,13)14/h2,6H,1H3,(H,11,12). The topological polar surface area (TPSA) is 67.0 Å². The lowest BCUT2D eigenvalue weighted by molar-refractivity contribution is 0.145. The minimum absolute atomic E-state index is 0.142. The SMILES string of the molecule is Cc1cc(=O)c(C(F)F)c(S(=O)(=O)Cl)[nH]1. The molecule has 1 heterocycles. The quantitative estimate of drug-likeness (QED) is 0.818. The first-order valence-electron chi connectivity index (χ1n) is 3.70. The Bertz CT molecular complexity index is 538. The van der Waals surface area contributed by atoms with E-state index in [0.29, 0.717) is 0 Å². The van der Waals surface area contributed by atoms with Gasteiger partial charge in [-0.2, -0.15) is 0 Å². The van der Waals surface area contributed by atoms with E-state index in [1.807, 2.05) is 0 Å². The predicted octanol–water partition coefficient (Wildman–Crippen LogP) is 1.55. The highest BCUT2D eigenvalue weighted by Gasteiger charge is 2.25. The molecule has 0 bridgehead atoms. The van der Waals surface area contributed by atoms with Crippen molar-refractivity contribution in [3.8, 4) is 0 Å². The Kier molecular flexibility index (Phi) is 3.15. The first-order valence-corrected chi connectivity index (χ1v) is 6.01. The van der Waals surface area contributed by atoms with Crippen LogP contribution < -0.4 is 5.43 Å². The highest BCUT2D eigenvalue weighted by molar-refractivity contribution is 8.13. The molecule has 0 aliphatic rings. The van der Waals surface area contributed by atoms with Gasteiger partial charge < -0.3 is 4.98 Å². The third kappa shape index (κ3) is 2.54. The summed E-state index contributed by atoms with van der Waals surface area (Å²) in [5.74, 6) is 0. The van der Waals surface area contributed by atoms with Crippen LogP contribution in [0.2, 0.25) is 0 Å². The Morgan fingerprint density at radius 2 is 2.00 bits per heavy atom. The highest BCUT2D eigenvalue weighted by atomic mass is 35.7. The van der Waals surface area contributed by atoms with E-state index in [1.54, 1.807) is 0 Å². The number of pyridine rings is 1. The van der Waals surface area contributed by atoms with Crippen LogP contribution in [0.25, 0.3) is 0 Å². The fraction of sp³-hybridized carbons (Fsp3) is 0.286. The molecular formula is C7H6ClF2NO3S.